The molecule has 2 saturated carbocycles. The van der Waals surface area contributed by atoms with Crippen molar-refractivity contribution in [3.05, 3.63) is 0 Å². The lowest BCUT2D eigenvalue weighted by molar-refractivity contribution is -0.143. The number of nitrogens with zero attached hydrogens (tertiary/aromatic N) is 1. The van der Waals surface area contributed by atoms with Crippen LogP contribution in [0, 0.1) is 5.92 Å². The van der Waals surface area contributed by atoms with E-state index in [1.54, 1.807) is 0 Å². The van der Waals surface area contributed by atoms with Crippen LogP contribution in [0.1, 0.15) is 44.9 Å². The van der Waals surface area contributed by atoms with Crippen molar-refractivity contribution in [2.45, 2.75) is 63.1 Å². The highest BCUT2D eigenvalue weighted by atomic mass is 16.4. The second-order valence-electron chi connectivity index (χ2n) is 6.16. The van der Waals surface area contributed by atoms with Crippen LogP contribution in [0.15, 0.2) is 0 Å². The third-order valence-electron chi connectivity index (χ3n) is 4.56. The first kappa shape index (κ1) is 13.5. The maximum Gasteiger partial charge on any atom is 0.306 e. The van der Waals surface area contributed by atoms with E-state index in [-0.39, 0.29) is 36.2 Å². The Morgan fingerprint density at radius 1 is 1.20 bits per heavy atom. The fraction of sp³-hybridized carbons (Fsp3) is 0.786. The minimum absolute atomic E-state index is 0.0331. The van der Waals surface area contributed by atoms with Crippen molar-refractivity contribution in [1.29, 1.82) is 0 Å². The van der Waals surface area contributed by atoms with Crippen LogP contribution < -0.4 is 5.32 Å². The number of amides is 2. The standard InChI is InChI=1S/C14H20N2O4/c17-12-7-11(13(18)16(12)10-4-5-10)15-9-3-1-2-8(6-9)14(19)20/h8-11,15H,1-7H2,(H,19,20). The van der Waals surface area contributed by atoms with Gasteiger partial charge in [0.05, 0.1) is 18.4 Å². The predicted molar refractivity (Wildman–Crippen MR) is 69.8 cm³/mol. The Balaban J connectivity index is 1.59. The maximum atomic E-state index is 12.2. The van der Waals surface area contributed by atoms with Gasteiger partial charge in [0.2, 0.25) is 11.8 Å². The Hall–Kier alpha value is -1.43. The van der Waals surface area contributed by atoms with E-state index < -0.39 is 12.0 Å². The lowest BCUT2D eigenvalue weighted by atomic mass is 9.85. The van der Waals surface area contributed by atoms with Crippen molar-refractivity contribution in [1.82, 2.24) is 10.2 Å². The Labute approximate surface area is 117 Å². The topological polar surface area (TPSA) is 86.7 Å². The number of carboxylic acids is 1. The van der Waals surface area contributed by atoms with Crippen molar-refractivity contribution in [3.8, 4) is 0 Å². The van der Waals surface area contributed by atoms with Gasteiger partial charge in [-0.25, -0.2) is 0 Å². The first-order chi connectivity index (χ1) is 9.56. The van der Waals surface area contributed by atoms with Gasteiger partial charge >= 0.3 is 5.97 Å². The number of carboxylic acid groups (broad SMARTS) is 1. The molecule has 1 saturated heterocycles. The number of rotatable bonds is 4. The minimum atomic E-state index is -0.759. The third kappa shape index (κ3) is 2.57. The van der Waals surface area contributed by atoms with Crippen LogP contribution in [0.3, 0.4) is 0 Å². The fourth-order valence-corrected chi connectivity index (χ4v) is 3.35. The number of carbonyl (C=O) groups excluding carboxylic acids is 2. The lowest BCUT2D eigenvalue weighted by Crippen LogP contribution is -2.46. The predicted octanol–water partition coefficient (Wildman–Crippen LogP) is 0.509. The van der Waals surface area contributed by atoms with Gasteiger partial charge in [0.25, 0.3) is 0 Å². The number of nitrogens with one attached hydrogen (secondary N) is 1. The van der Waals surface area contributed by atoms with E-state index in [0.29, 0.717) is 12.8 Å². The Morgan fingerprint density at radius 3 is 2.60 bits per heavy atom. The normalized spacial score (nSPS) is 34.6. The minimum Gasteiger partial charge on any atom is -0.481 e. The first-order valence-electron chi connectivity index (χ1n) is 7.41. The van der Waals surface area contributed by atoms with E-state index in [2.05, 4.69) is 5.32 Å². The molecule has 3 atom stereocenters. The lowest BCUT2D eigenvalue weighted by Gasteiger charge is -2.29. The molecule has 0 aromatic carbocycles. The molecule has 0 aromatic rings. The fourth-order valence-electron chi connectivity index (χ4n) is 3.35. The van der Waals surface area contributed by atoms with E-state index in [0.717, 1.165) is 25.7 Å². The molecule has 2 N–H and O–H groups in total. The Kier molecular flexibility index (Phi) is 3.50. The molecule has 6 heteroatoms. The molecular formula is C14H20N2O4. The van der Waals surface area contributed by atoms with Gasteiger partial charge in [-0.05, 0) is 32.1 Å². The van der Waals surface area contributed by atoms with Crippen LogP contribution in [0.25, 0.3) is 0 Å². The van der Waals surface area contributed by atoms with Gasteiger partial charge in [-0.15, -0.1) is 0 Å². The number of aliphatic carboxylic acids is 1. The van der Waals surface area contributed by atoms with E-state index in [1.807, 2.05) is 0 Å². The van der Waals surface area contributed by atoms with Gasteiger partial charge in [0.15, 0.2) is 0 Å². The zero-order valence-corrected chi connectivity index (χ0v) is 11.4. The van der Waals surface area contributed by atoms with Crippen LogP contribution in [-0.2, 0) is 14.4 Å². The summed E-state index contributed by atoms with van der Waals surface area (Å²) < 4.78 is 0. The summed E-state index contributed by atoms with van der Waals surface area (Å²) in [6.45, 7) is 0. The number of hydrogen-bond donors (Lipinski definition) is 2. The zero-order chi connectivity index (χ0) is 14.3. The molecule has 6 nitrogen and oxygen atoms in total. The van der Waals surface area contributed by atoms with Gasteiger partial charge in [-0.2, -0.15) is 0 Å². The second kappa shape index (κ2) is 5.16. The van der Waals surface area contributed by atoms with Gasteiger partial charge in [-0.1, -0.05) is 6.42 Å². The SMILES string of the molecule is O=C(O)C1CCCC(NC2CC(=O)N(C3CC3)C2=O)C1. The van der Waals surface area contributed by atoms with Crippen molar-refractivity contribution in [2.24, 2.45) is 5.92 Å². The molecule has 2 amide bonds. The summed E-state index contributed by atoms with van der Waals surface area (Å²) in [4.78, 5) is 36.5. The monoisotopic (exact) mass is 280 g/mol. The molecule has 3 unspecified atom stereocenters. The Bertz CT molecular complexity index is 446. The Morgan fingerprint density at radius 2 is 1.95 bits per heavy atom. The molecule has 3 aliphatic rings. The molecule has 0 aromatic heterocycles. The summed E-state index contributed by atoms with van der Waals surface area (Å²) in [5.41, 5.74) is 0. The van der Waals surface area contributed by atoms with Gasteiger partial charge < -0.3 is 10.4 Å². The van der Waals surface area contributed by atoms with Gasteiger partial charge in [0.1, 0.15) is 0 Å². The average Bonchev–Trinajstić information content (AvgIpc) is 3.19. The van der Waals surface area contributed by atoms with Crippen molar-refractivity contribution < 1.29 is 19.5 Å². The summed E-state index contributed by atoms with van der Waals surface area (Å²) >= 11 is 0. The van der Waals surface area contributed by atoms with Crippen molar-refractivity contribution >= 4 is 17.8 Å². The molecule has 3 fully saturated rings. The molecule has 1 aliphatic heterocycles. The smallest absolute Gasteiger partial charge is 0.306 e. The largest absolute Gasteiger partial charge is 0.481 e. The molecular weight excluding hydrogens is 260 g/mol. The number of carbonyl (C=O) groups is 3. The van der Waals surface area contributed by atoms with Crippen LogP contribution in [0.4, 0.5) is 0 Å². The van der Waals surface area contributed by atoms with E-state index in [4.69, 9.17) is 5.11 Å². The highest BCUT2D eigenvalue weighted by molar-refractivity contribution is 6.06. The van der Waals surface area contributed by atoms with Crippen LogP contribution >= 0.6 is 0 Å². The number of imide groups is 1. The van der Waals surface area contributed by atoms with Crippen LogP contribution in [0.5, 0.6) is 0 Å². The third-order valence-corrected chi connectivity index (χ3v) is 4.56. The van der Waals surface area contributed by atoms with E-state index in [1.165, 1.54) is 4.90 Å². The van der Waals surface area contributed by atoms with E-state index >= 15 is 0 Å². The molecule has 110 valence electrons. The molecule has 2 aliphatic carbocycles. The quantitative estimate of drug-likeness (QED) is 0.733. The second-order valence-corrected chi connectivity index (χ2v) is 6.16. The summed E-state index contributed by atoms with van der Waals surface area (Å²) in [5, 5.41) is 12.3. The van der Waals surface area contributed by atoms with Gasteiger partial charge in [-0.3, -0.25) is 19.3 Å². The molecule has 0 bridgehead atoms. The number of hydrogen-bond acceptors (Lipinski definition) is 4. The molecule has 3 rings (SSSR count). The average molecular weight is 280 g/mol. The summed E-state index contributed by atoms with van der Waals surface area (Å²) in [6, 6.07) is -0.286. The zero-order valence-electron chi connectivity index (χ0n) is 11.4. The molecule has 1 heterocycles. The molecule has 0 radical (unpaired) electrons. The van der Waals surface area contributed by atoms with Gasteiger partial charge in [0, 0.05) is 12.1 Å². The van der Waals surface area contributed by atoms with Crippen molar-refractivity contribution in [3.63, 3.8) is 0 Å². The summed E-state index contributed by atoms with van der Waals surface area (Å²) in [5.74, 6) is -1.28. The van der Waals surface area contributed by atoms with Crippen molar-refractivity contribution in [2.75, 3.05) is 0 Å². The summed E-state index contributed by atoms with van der Waals surface area (Å²) in [7, 11) is 0. The van der Waals surface area contributed by atoms with E-state index in [9.17, 15) is 14.4 Å². The highest BCUT2D eigenvalue weighted by Gasteiger charge is 2.46. The highest BCUT2D eigenvalue weighted by Crippen LogP contribution is 2.32. The molecule has 0 spiro atoms. The summed E-state index contributed by atoms with van der Waals surface area (Å²) in [6.07, 6.45) is 5.07. The molecule has 20 heavy (non-hydrogen) atoms. The number of likely N-dealkylation sites (tertiary alicyclic amines) is 1. The van der Waals surface area contributed by atoms with Crippen LogP contribution in [-0.4, -0.2) is 45.9 Å². The van der Waals surface area contributed by atoms with Crippen LogP contribution in [0.2, 0.25) is 0 Å². The maximum absolute atomic E-state index is 12.2. The first-order valence-corrected chi connectivity index (χ1v) is 7.41.